The molecule has 0 saturated carbocycles. The number of ether oxygens (including phenoxy) is 1. The first-order chi connectivity index (χ1) is 15.0. The van der Waals surface area contributed by atoms with Crippen LogP contribution in [0.1, 0.15) is 41.4 Å². The second-order valence-corrected chi connectivity index (χ2v) is 8.08. The molecule has 170 valence electrons. The third-order valence-corrected chi connectivity index (χ3v) is 5.94. The highest BCUT2D eigenvalue weighted by atomic mass is 79.9. The molecule has 0 aliphatic carbocycles. The first-order valence-electron chi connectivity index (χ1n) is 9.50. The first kappa shape index (κ1) is 23.8. The van der Waals surface area contributed by atoms with Gasteiger partial charge >= 0.3 is 18.1 Å². The number of methoxy groups -OCH3 is 1. The Hall–Kier alpha value is -2.85. The Morgan fingerprint density at radius 1 is 1.19 bits per heavy atom. The lowest BCUT2D eigenvalue weighted by molar-refractivity contribution is -0.138. The van der Waals surface area contributed by atoms with E-state index in [1.807, 2.05) is 0 Å². The quantitative estimate of drug-likeness (QED) is 0.554. The van der Waals surface area contributed by atoms with Crippen LogP contribution in [0.3, 0.4) is 0 Å². The van der Waals surface area contributed by atoms with Crippen LogP contribution in [-0.2, 0) is 15.7 Å². The van der Waals surface area contributed by atoms with Crippen molar-refractivity contribution in [2.24, 2.45) is 0 Å². The number of halogens is 4. The summed E-state index contributed by atoms with van der Waals surface area (Å²) in [5, 5.41) is 12.4. The lowest BCUT2D eigenvalue weighted by atomic mass is 9.92. The molecule has 0 amide bonds. The van der Waals surface area contributed by atoms with Gasteiger partial charge in [-0.25, -0.2) is 9.59 Å². The molecule has 0 bridgehead atoms. The third kappa shape index (κ3) is 4.51. The van der Waals surface area contributed by atoms with E-state index >= 15 is 0 Å². The van der Waals surface area contributed by atoms with Crippen molar-refractivity contribution in [1.29, 1.82) is 0 Å². The molecule has 1 aliphatic rings. The number of carboxylic acid groups (broad SMARTS) is 1. The largest absolute Gasteiger partial charge is 0.478 e. The van der Waals surface area contributed by atoms with Gasteiger partial charge in [-0.1, -0.05) is 28.1 Å². The molecule has 10 heteroatoms. The van der Waals surface area contributed by atoms with Crippen LogP contribution in [0.4, 0.5) is 18.9 Å². The number of rotatable bonds is 4. The van der Waals surface area contributed by atoms with Gasteiger partial charge in [0, 0.05) is 15.9 Å². The fourth-order valence-electron chi connectivity index (χ4n) is 3.79. The summed E-state index contributed by atoms with van der Waals surface area (Å²) in [5.41, 5.74) is 0.732. The summed E-state index contributed by atoms with van der Waals surface area (Å²) in [4.78, 5) is 25.6. The number of carbonyl (C=O) groups is 2. The zero-order valence-electron chi connectivity index (χ0n) is 17.3. The highest BCUT2D eigenvalue weighted by Gasteiger charge is 2.38. The van der Waals surface area contributed by atoms with Crippen LogP contribution < -0.4 is 10.2 Å². The van der Waals surface area contributed by atoms with Crippen molar-refractivity contribution < 1.29 is 32.6 Å². The van der Waals surface area contributed by atoms with Crippen LogP contribution in [0.15, 0.2) is 58.2 Å². The van der Waals surface area contributed by atoms with Crippen molar-refractivity contribution >= 4 is 33.6 Å². The van der Waals surface area contributed by atoms with Crippen LogP contribution in [0.25, 0.3) is 0 Å². The molecule has 2 N–H and O–H groups in total. The number of carbonyl (C=O) groups excluding carboxylic acids is 1. The molecule has 32 heavy (non-hydrogen) atoms. The summed E-state index contributed by atoms with van der Waals surface area (Å²) < 4.78 is 45.1. The normalized spacial score (nSPS) is 19.2. The van der Waals surface area contributed by atoms with E-state index in [1.54, 1.807) is 24.8 Å². The number of hydrogen-bond acceptors (Lipinski definition) is 5. The van der Waals surface area contributed by atoms with E-state index in [9.17, 15) is 27.9 Å². The lowest BCUT2D eigenvalue weighted by Gasteiger charge is -2.42. The molecule has 2 aromatic rings. The van der Waals surface area contributed by atoms with E-state index in [4.69, 9.17) is 4.74 Å². The number of esters is 1. The van der Waals surface area contributed by atoms with Gasteiger partial charge in [0.25, 0.3) is 0 Å². The van der Waals surface area contributed by atoms with Crippen molar-refractivity contribution in [3.63, 3.8) is 0 Å². The summed E-state index contributed by atoms with van der Waals surface area (Å²) in [6.07, 6.45) is -5.01. The molecule has 0 aromatic heterocycles. The van der Waals surface area contributed by atoms with Gasteiger partial charge in [0.1, 0.15) is 0 Å². The van der Waals surface area contributed by atoms with Crippen molar-refractivity contribution in [3.8, 4) is 0 Å². The van der Waals surface area contributed by atoms with Gasteiger partial charge in [0.2, 0.25) is 0 Å². The Morgan fingerprint density at radius 3 is 2.44 bits per heavy atom. The third-order valence-electron chi connectivity index (χ3n) is 5.25. The van der Waals surface area contributed by atoms with Gasteiger partial charge in [-0.3, -0.25) is 5.32 Å². The topological polar surface area (TPSA) is 78.9 Å². The Bertz CT molecular complexity index is 1100. The second-order valence-electron chi connectivity index (χ2n) is 7.23. The fourth-order valence-corrected chi connectivity index (χ4v) is 4.40. The number of hydrogen-bond donors (Lipinski definition) is 2. The van der Waals surface area contributed by atoms with Gasteiger partial charge in [0.05, 0.1) is 36.0 Å². The number of benzene rings is 2. The lowest BCUT2D eigenvalue weighted by Crippen LogP contribution is -2.51. The zero-order valence-corrected chi connectivity index (χ0v) is 18.9. The number of nitrogens with zero attached hydrogens (tertiary/aromatic N) is 1. The maximum Gasteiger partial charge on any atom is 0.416 e. The monoisotopic (exact) mass is 512 g/mol. The highest BCUT2D eigenvalue weighted by Crippen LogP contribution is 2.39. The molecule has 1 aliphatic heterocycles. The van der Waals surface area contributed by atoms with E-state index in [0.717, 1.165) is 12.1 Å². The molecule has 3 rings (SSSR count). The van der Waals surface area contributed by atoms with E-state index in [-0.39, 0.29) is 16.8 Å². The van der Waals surface area contributed by atoms with E-state index in [1.165, 1.54) is 31.4 Å². The minimum absolute atomic E-state index is 0.0652. The van der Waals surface area contributed by atoms with Crippen molar-refractivity contribution in [3.05, 3.63) is 74.9 Å². The van der Waals surface area contributed by atoms with Crippen LogP contribution >= 0.6 is 15.9 Å². The van der Waals surface area contributed by atoms with E-state index in [0.29, 0.717) is 15.7 Å². The number of alkyl halides is 3. The predicted octanol–water partition coefficient (Wildman–Crippen LogP) is 5.11. The number of nitrogens with one attached hydrogen (secondary N) is 1. The Balaban J connectivity index is 2.14. The van der Waals surface area contributed by atoms with Gasteiger partial charge in [-0.05, 0) is 49.7 Å². The Morgan fingerprint density at radius 2 is 1.88 bits per heavy atom. The van der Waals surface area contributed by atoms with Crippen LogP contribution in [0.5, 0.6) is 0 Å². The van der Waals surface area contributed by atoms with Crippen molar-refractivity contribution in [1.82, 2.24) is 5.32 Å². The molecular weight excluding hydrogens is 493 g/mol. The van der Waals surface area contributed by atoms with E-state index in [2.05, 4.69) is 21.2 Å². The summed E-state index contributed by atoms with van der Waals surface area (Å²) in [5.74, 6) is -1.75. The molecule has 1 unspecified atom stereocenters. The number of allylic oxidation sites excluding steroid dienone is 1. The Labute approximate surface area is 190 Å². The molecule has 2 aromatic carbocycles. The molecule has 0 saturated heterocycles. The summed E-state index contributed by atoms with van der Waals surface area (Å²) in [6.45, 7) is 3.39. The minimum Gasteiger partial charge on any atom is -0.478 e. The molecule has 0 fully saturated rings. The van der Waals surface area contributed by atoms with Crippen molar-refractivity contribution in [2.45, 2.75) is 32.2 Å². The van der Waals surface area contributed by atoms with Crippen LogP contribution in [0.2, 0.25) is 0 Å². The van der Waals surface area contributed by atoms with Crippen LogP contribution in [-0.4, -0.2) is 30.3 Å². The molecular formula is C22H20BrF3N2O4. The Kier molecular flexibility index (Phi) is 6.66. The number of anilines is 1. The second kappa shape index (κ2) is 8.95. The molecule has 0 spiro atoms. The van der Waals surface area contributed by atoms with Crippen LogP contribution in [0, 0.1) is 0 Å². The molecule has 6 nitrogen and oxygen atoms in total. The fraction of sp³-hybridized carbons (Fsp3) is 0.273. The SMILES string of the molecule is COC(=O)C1=C(C)N(c2cccc(C(F)(F)F)c2)C(C)N[C@@H]1c1ccc(C(=O)O)cc1Br. The van der Waals surface area contributed by atoms with Gasteiger partial charge < -0.3 is 14.7 Å². The predicted molar refractivity (Wildman–Crippen MR) is 115 cm³/mol. The summed E-state index contributed by atoms with van der Waals surface area (Å²) >= 11 is 3.36. The molecule has 1 heterocycles. The van der Waals surface area contributed by atoms with Crippen molar-refractivity contribution in [2.75, 3.05) is 12.0 Å². The molecule has 2 atom stereocenters. The number of aromatic carboxylic acids is 1. The summed E-state index contributed by atoms with van der Waals surface area (Å²) in [7, 11) is 1.22. The maximum atomic E-state index is 13.2. The van der Waals surface area contributed by atoms with Gasteiger partial charge in [-0.2, -0.15) is 13.2 Å². The standard InChI is InChI=1S/C22H20BrF3N2O4/c1-11-18(21(31)32-3)19(16-8-7-13(20(29)30)9-17(16)23)27-12(2)28(11)15-6-4-5-14(10-15)22(24,25)26/h4-10,12,19,27H,1-3H3,(H,29,30)/t12?,19-/m1/s1. The highest BCUT2D eigenvalue weighted by molar-refractivity contribution is 9.10. The zero-order chi connectivity index (χ0) is 23.8. The van der Waals surface area contributed by atoms with E-state index < -0.39 is 35.9 Å². The average molecular weight is 513 g/mol. The van der Waals surface area contributed by atoms with Gasteiger partial charge in [0.15, 0.2) is 0 Å². The summed E-state index contributed by atoms with van der Waals surface area (Å²) in [6, 6.07) is 8.58. The first-order valence-corrected chi connectivity index (χ1v) is 10.3. The van der Waals surface area contributed by atoms with Gasteiger partial charge in [-0.15, -0.1) is 0 Å². The molecule has 0 radical (unpaired) electrons. The number of carboxylic acids is 1. The average Bonchev–Trinajstić information content (AvgIpc) is 2.72. The maximum absolute atomic E-state index is 13.2. The smallest absolute Gasteiger partial charge is 0.416 e. The minimum atomic E-state index is -4.51.